The molecule has 0 aromatic heterocycles. The molecule has 6 aromatic rings. The lowest BCUT2D eigenvalue weighted by Gasteiger charge is -2.43. The van der Waals surface area contributed by atoms with Crippen LogP contribution in [0.5, 0.6) is 17.2 Å². The Kier molecular flexibility index (Phi) is 33.9. The van der Waals surface area contributed by atoms with E-state index in [1.54, 1.807) is 62.2 Å². The van der Waals surface area contributed by atoms with Gasteiger partial charge in [-0.1, -0.05) is 0 Å². The van der Waals surface area contributed by atoms with E-state index >= 15 is 0 Å². The lowest BCUT2D eigenvalue weighted by Crippen LogP contribution is -2.53. The average Bonchev–Trinajstić information content (AvgIpc) is 1.52. The first kappa shape index (κ1) is 105. The molecule has 6 aromatic carbocycles. The fraction of sp³-hybridized carbons (Fsp3) is 0.554. The lowest BCUT2D eigenvalue weighted by molar-refractivity contribution is -0.385. The van der Waals surface area contributed by atoms with Gasteiger partial charge < -0.3 is 43.4 Å². The number of thioether (sulfide) groups is 2. The summed E-state index contributed by atoms with van der Waals surface area (Å²) < 4.78 is 221. The number of piperidine rings is 6. The van der Waals surface area contributed by atoms with Crippen LogP contribution in [-0.2, 0) is 93.9 Å². The molecule has 12 saturated heterocycles. The Bertz CT molecular complexity index is 5910. The molecule has 0 bridgehead atoms. The van der Waals surface area contributed by atoms with Gasteiger partial charge in [-0.05, 0) is 123 Å². The third-order valence-corrected chi connectivity index (χ3v) is 41.3. The number of nitro benzene ring substituents is 3. The number of nitrogens with two attached hydrogens (primary N) is 1. The lowest BCUT2D eigenvalue weighted by atomic mass is 10.0. The zero-order valence-electron chi connectivity index (χ0n) is 75.4. The highest BCUT2D eigenvalue weighted by atomic mass is 32.2. The number of rotatable bonds is 19. The number of methoxy groups -OCH3 is 3. The molecule has 1 amide bonds. The summed E-state index contributed by atoms with van der Waals surface area (Å²) in [6, 6.07) is 31.1. The van der Waals surface area contributed by atoms with Crippen molar-refractivity contribution in [2.75, 3.05) is 177 Å². The molecule has 0 aliphatic carbocycles. The van der Waals surface area contributed by atoms with Crippen LogP contribution in [0.15, 0.2) is 174 Å². The first-order chi connectivity index (χ1) is 64.4. The largest absolute Gasteiger partial charge is 0.497 e. The van der Waals surface area contributed by atoms with Gasteiger partial charge in [0.2, 0.25) is 76.1 Å². The fourth-order valence-electron chi connectivity index (χ4n) is 18.1. The van der Waals surface area contributed by atoms with Gasteiger partial charge >= 0.3 is 0 Å². The molecule has 0 atom stereocenters. The van der Waals surface area contributed by atoms with E-state index in [0.717, 1.165) is 57.1 Å². The third kappa shape index (κ3) is 24.3. The van der Waals surface area contributed by atoms with Crippen LogP contribution < -0.4 is 45.9 Å². The Labute approximate surface area is 800 Å². The molecule has 0 radical (unpaired) electrons. The van der Waals surface area contributed by atoms with Crippen molar-refractivity contribution >= 4 is 117 Å². The number of ether oxygens (including phenoxy) is 7. The number of carbonyl (C=O) groups excluding carboxylic acids is 1. The van der Waals surface area contributed by atoms with Crippen LogP contribution in [0, 0.1) is 30.3 Å². The van der Waals surface area contributed by atoms with Crippen molar-refractivity contribution in [3.8, 4) is 17.2 Å². The minimum absolute atomic E-state index is 0.0247. The van der Waals surface area contributed by atoms with Crippen molar-refractivity contribution in [1.82, 2.24) is 57.3 Å². The van der Waals surface area contributed by atoms with Gasteiger partial charge in [-0.3, -0.25) is 56.4 Å². The van der Waals surface area contributed by atoms with Crippen molar-refractivity contribution < 1.29 is 112 Å². The van der Waals surface area contributed by atoms with Crippen LogP contribution in [-0.4, -0.2) is 320 Å². The Morgan fingerprint density at radius 3 is 0.890 bits per heavy atom. The van der Waals surface area contributed by atoms with Crippen LogP contribution in [0.1, 0.15) is 84.0 Å². The maximum Gasteiger partial charge on any atom is 0.269 e. The minimum Gasteiger partial charge on any atom is -0.497 e. The third-order valence-electron chi connectivity index (χ3n) is 25.9. The zero-order chi connectivity index (χ0) is 98.0. The molecule has 136 heavy (non-hydrogen) atoms. The number of hydrogen-bond donors (Lipinski definition) is 6. The van der Waals surface area contributed by atoms with Crippen molar-refractivity contribution in [3.05, 3.63) is 170 Å². The summed E-state index contributed by atoms with van der Waals surface area (Å²) in [5.41, 5.74) is -1.82. The highest BCUT2D eigenvalue weighted by Crippen LogP contribution is 2.46. The molecule has 7 N–H and O–H groups in total. The van der Waals surface area contributed by atoms with E-state index in [-0.39, 0.29) is 79.3 Å². The van der Waals surface area contributed by atoms with Gasteiger partial charge in [0.25, 0.3) is 17.1 Å². The number of nitrogens with one attached hydrogen (secondary N) is 5. The average molecular weight is 2070 g/mol. The smallest absolute Gasteiger partial charge is 0.269 e. The molecular weight excluding hydrogens is 1960 g/mol. The van der Waals surface area contributed by atoms with Crippen molar-refractivity contribution in [1.29, 1.82) is 0 Å². The van der Waals surface area contributed by atoms with Gasteiger partial charge in [-0.2, -0.15) is 25.8 Å². The predicted octanol–water partition coefficient (Wildman–Crippen LogP) is 4.81. The number of amides is 1. The number of nitro groups is 3. The molecule has 748 valence electrons. The number of hydrogen-bond acceptors (Lipinski definition) is 35. The maximum absolute atomic E-state index is 12.8. The van der Waals surface area contributed by atoms with Crippen LogP contribution >= 0.6 is 23.5 Å². The number of non-ortho nitro benzene ring substituents is 3. The molecule has 12 aliphatic rings. The van der Waals surface area contributed by atoms with E-state index in [4.69, 9.17) is 38.3 Å². The van der Waals surface area contributed by atoms with Gasteiger partial charge in [-0.25, -0.2) is 64.1 Å². The standard InChI is InChI=1S/C15H19N3O5S2.C15H22N2O5S.C14H20N2O4S.C13H19N3O5S2.C13H17N3O5S.C13H17N3O4S2/c1-12(19)17-10-11-24-15(17)6-8-16(9-7-15)25(22,23)14-4-2-13(3-5-14)18(20)21;1-20-13-4-3-12(11-14(13)21-2)23(18,19)17-8-5-15(6-9-17)16-7-10-22-15;1-19-12-2-4-13(5-3-12)21(17,18)16-9-6-14(7-10-16)15-8-11-20-14;14-22(17,18)11-1-3-12(4-2-11)23(19,20)16-8-5-13(6-9-16)15-7-10-21-13;2*17-16(18)11-1-3-12(4-2-11)22(19,20)15-8-5-13(6-9-15)14-7-10-21-13/h2-5H,6-11H2,1H3;3-4,11,16H,5-10H2,1-2H3;2-5,15H,6-11H2,1H3;1-4,15H,5-10H2,(H2,14,17,18);2*1-4,14H,5-10H2. The Hall–Kier alpha value is -7.90. The Morgan fingerprint density at radius 1 is 0.346 bits per heavy atom. The van der Waals surface area contributed by atoms with Crippen LogP contribution in [0.3, 0.4) is 0 Å². The SMILES string of the molecule is CC(=O)N1CCSC12CCN(S(=O)(=O)c1ccc([N+](=O)[O-])cc1)CC2.COc1ccc(S(=O)(=O)N2CCC3(CC2)NCCO3)cc1.COc1ccc(S(=O)(=O)N2CCC3(CC2)NCCO3)cc1OC.NS(=O)(=O)c1ccc(S(=O)(=O)N2CCC3(CC2)NCCO3)cc1.O=[N+]([O-])c1ccc(S(=O)(=O)N2CCC3(CC2)NCCO3)cc1.O=[N+]([O-])c1ccc(S(=O)(=O)N2CCC3(CC2)NCCS3)cc1. The predicted molar refractivity (Wildman–Crippen MR) is 500 cm³/mol. The summed E-state index contributed by atoms with van der Waals surface area (Å²) in [5.74, 6) is 3.52. The molecular formula is C83H114N16O28S9. The summed E-state index contributed by atoms with van der Waals surface area (Å²) in [5, 5.41) is 53.7. The molecule has 0 unspecified atom stereocenters. The molecule has 12 heterocycles. The first-order valence-electron chi connectivity index (χ1n) is 44.0. The highest BCUT2D eigenvalue weighted by molar-refractivity contribution is 8.01. The van der Waals surface area contributed by atoms with Gasteiger partial charge in [0, 0.05) is 230 Å². The maximum atomic E-state index is 12.8. The number of primary sulfonamides is 1. The summed E-state index contributed by atoms with van der Waals surface area (Å²) in [6.07, 6.45) is 7.77. The summed E-state index contributed by atoms with van der Waals surface area (Å²) in [4.78, 5) is 44.5. The number of nitrogens with zero attached hydrogens (tertiary/aromatic N) is 10. The van der Waals surface area contributed by atoms with Crippen molar-refractivity contribution in [2.24, 2.45) is 5.14 Å². The summed E-state index contributed by atoms with van der Waals surface area (Å²) in [7, 11) is -20.8. The van der Waals surface area contributed by atoms with E-state index in [2.05, 4.69) is 26.6 Å². The zero-order valence-corrected chi connectivity index (χ0v) is 82.7. The summed E-state index contributed by atoms with van der Waals surface area (Å²) in [6.45, 7) is 14.0. The van der Waals surface area contributed by atoms with Gasteiger partial charge in [-0.15, -0.1) is 23.5 Å². The summed E-state index contributed by atoms with van der Waals surface area (Å²) >= 11 is 3.60. The van der Waals surface area contributed by atoms with Crippen LogP contribution in [0.4, 0.5) is 17.1 Å². The second kappa shape index (κ2) is 43.7. The Balaban J connectivity index is 0.000000138. The molecule has 6 spiro atoms. The fourth-order valence-corrected chi connectivity index (χ4v) is 30.1. The first-order valence-corrected chi connectivity index (χ1v) is 56.2. The quantitative estimate of drug-likeness (QED) is 0.0468. The van der Waals surface area contributed by atoms with Gasteiger partial charge in [0.05, 0.1) is 107 Å². The van der Waals surface area contributed by atoms with E-state index in [9.17, 15) is 94.1 Å². The van der Waals surface area contributed by atoms with Gasteiger partial charge in [0.15, 0.2) is 11.5 Å². The molecule has 12 fully saturated rings. The molecule has 18 rings (SSSR count). The molecule has 53 heteroatoms. The van der Waals surface area contributed by atoms with E-state index in [1.165, 1.54) is 143 Å². The number of sulfonamides is 7. The second-order valence-corrected chi connectivity index (χ2v) is 49.8. The number of benzene rings is 6. The van der Waals surface area contributed by atoms with Crippen LogP contribution in [0.25, 0.3) is 0 Å². The second-order valence-electron chi connectivity index (χ2n) is 33.7. The van der Waals surface area contributed by atoms with E-state index < -0.39 is 90.7 Å². The van der Waals surface area contributed by atoms with E-state index in [1.807, 2.05) is 16.7 Å². The Morgan fingerprint density at radius 2 is 0.625 bits per heavy atom. The monoisotopic (exact) mass is 2070 g/mol. The normalized spacial score (nSPS) is 21.8. The minimum atomic E-state index is -3.84. The van der Waals surface area contributed by atoms with Crippen molar-refractivity contribution in [3.63, 3.8) is 0 Å². The van der Waals surface area contributed by atoms with E-state index in [0.29, 0.717) is 198 Å². The van der Waals surface area contributed by atoms with Crippen LogP contribution in [0.2, 0.25) is 0 Å². The molecule has 44 nitrogen and oxygen atoms in total. The van der Waals surface area contributed by atoms with Gasteiger partial charge in [0.1, 0.15) is 28.6 Å². The highest BCUT2D eigenvalue weighted by Gasteiger charge is 2.50. The number of carbonyl (C=O) groups is 1. The topological polar surface area (TPSA) is 559 Å². The van der Waals surface area contributed by atoms with Crippen molar-refractivity contribution in [2.45, 2.75) is 151 Å². The molecule has 12 aliphatic heterocycles. The molecule has 0 saturated carbocycles.